The zero-order valence-electron chi connectivity index (χ0n) is 19.1. The molecule has 3 saturated carbocycles. The minimum Gasteiger partial charge on any atom is -0.495 e. The molecule has 4 atom stereocenters. The van der Waals surface area contributed by atoms with Crippen LogP contribution in [0.25, 0.3) is 10.1 Å². The maximum Gasteiger partial charge on any atom is 0.303 e. The van der Waals surface area contributed by atoms with Crippen LogP contribution in [0.1, 0.15) is 62.7 Å². The minimum atomic E-state index is -0.742. The van der Waals surface area contributed by atoms with Crippen molar-refractivity contribution in [3.8, 4) is 5.75 Å². The SMILES string of the molecule is COc1csc2c(C(=O)NC3C[C@@H]4C[C@H]([C@H]3CC=CCCCC(=O)O)C4(C)C)cccc12. The van der Waals surface area contributed by atoms with E-state index >= 15 is 0 Å². The molecule has 0 saturated heterocycles. The van der Waals surface area contributed by atoms with Gasteiger partial charge in [0.05, 0.1) is 17.4 Å². The summed E-state index contributed by atoms with van der Waals surface area (Å²) in [6.45, 7) is 4.73. The summed E-state index contributed by atoms with van der Waals surface area (Å²) in [5.41, 5.74) is 1.04. The number of allylic oxidation sites excluding steroid dienone is 2. The number of ether oxygens (including phenoxy) is 1. The van der Waals surface area contributed by atoms with E-state index in [9.17, 15) is 9.59 Å². The number of amides is 1. The Hall–Kier alpha value is -2.34. The van der Waals surface area contributed by atoms with Crippen molar-refractivity contribution in [3.63, 3.8) is 0 Å². The topological polar surface area (TPSA) is 75.6 Å². The van der Waals surface area contributed by atoms with Crippen molar-refractivity contribution in [2.75, 3.05) is 7.11 Å². The maximum absolute atomic E-state index is 13.3. The highest BCUT2D eigenvalue weighted by molar-refractivity contribution is 7.18. The molecule has 1 heterocycles. The first-order valence-electron chi connectivity index (χ1n) is 11.5. The van der Waals surface area contributed by atoms with Gasteiger partial charge in [0.25, 0.3) is 5.91 Å². The Kier molecular flexibility index (Phi) is 6.61. The number of aliphatic carboxylic acids is 1. The van der Waals surface area contributed by atoms with Gasteiger partial charge in [0.15, 0.2) is 0 Å². The summed E-state index contributed by atoms with van der Waals surface area (Å²) in [5.74, 6) is 1.74. The van der Waals surface area contributed by atoms with Crippen LogP contribution in [0, 0.1) is 23.2 Å². The number of nitrogens with one attached hydrogen (secondary N) is 1. The van der Waals surface area contributed by atoms with E-state index in [0.29, 0.717) is 29.6 Å². The van der Waals surface area contributed by atoms with Crippen LogP contribution in [-0.4, -0.2) is 30.1 Å². The molecule has 5 nitrogen and oxygen atoms in total. The lowest BCUT2D eigenvalue weighted by molar-refractivity contribution is -0.137. The Morgan fingerprint density at radius 3 is 2.81 bits per heavy atom. The molecule has 5 rings (SSSR count). The zero-order chi connectivity index (χ0) is 22.9. The second-order valence-electron chi connectivity index (χ2n) is 9.82. The van der Waals surface area contributed by atoms with Gasteiger partial charge in [-0.25, -0.2) is 0 Å². The number of carbonyl (C=O) groups excluding carboxylic acids is 1. The standard InChI is InChI=1S/C26H33NO4S/c1-26(2)16-13-20(26)17(9-6-4-5-7-12-23(28)29)21(14-16)27-25(30)19-11-8-10-18-22(31-3)15-32-24(18)19/h4,6,8,10-11,15-17,20-21H,5,7,9,12-14H2,1-3H3,(H,27,30)(H,28,29)/t16-,17+,20+,21?/m0/s1. The van der Waals surface area contributed by atoms with Crippen molar-refractivity contribution < 1.29 is 19.4 Å². The molecule has 2 bridgehead atoms. The molecule has 0 radical (unpaired) electrons. The molecule has 1 aromatic carbocycles. The molecule has 3 aliphatic carbocycles. The van der Waals surface area contributed by atoms with Gasteiger partial charge >= 0.3 is 5.97 Å². The molecule has 1 unspecified atom stereocenters. The van der Waals surface area contributed by atoms with E-state index < -0.39 is 5.97 Å². The van der Waals surface area contributed by atoms with Crippen LogP contribution in [0.4, 0.5) is 0 Å². The predicted molar refractivity (Wildman–Crippen MR) is 128 cm³/mol. The van der Waals surface area contributed by atoms with Crippen molar-refractivity contribution in [1.29, 1.82) is 0 Å². The molecular formula is C26H33NO4S. The number of carboxylic acid groups (broad SMARTS) is 1. The van der Waals surface area contributed by atoms with E-state index in [1.807, 2.05) is 23.6 Å². The van der Waals surface area contributed by atoms with Gasteiger partial charge in [-0.15, -0.1) is 11.3 Å². The number of hydrogen-bond acceptors (Lipinski definition) is 4. The van der Waals surface area contributed by atoms with Gasteiger partial charge in [-0.3, -0.25) is 9.59 Å². The third-order valence-electron chi connectivity index (χ3n) is 7.80. The predicted octanol–water partition coefficient (Wildman–Crippen LogP) is 5.89. The van der Waals surface area contributed by atoms with Crippen molar-refractivity contribution in [1.82, 2.24) is 5.32 Å². The summed E-state index contributed by atoms with van der Waals surface area (Å²) < 4.78 is 6.41. The number of carboxylic acids is 1. The minimum absolute atomic E-state index is 0.000327. The number of thiophene rings is 1. The van der Waals surface area contributed by atoms with Crippen LogP contribution in [0.5, 0.6) is 5.75 Å². The summed E-state index contributed by atoms with van der Waals surface area (Å²) in [4.78, 5) is 24.0. The lowest BCUT2D eigenvalue weighted by atomic mass is 9.44. The first-order chi connectivity index (χ1) is 15.3. The number of fused-ring (bicyclic) bond motifs is 3. The van der Waals surface area contributed by atoms with Gasteiger partial charge in [-0.1, -0.05) is 32.1 Å². The lowest BCUT2D eigenvalue weighted by Gasteiger charge is -2.62. The fourth-order valence-electron chi connectivity index (χ4n) is 5.80. The molecule has 3 fully saturated rings. The Morgan fingerprint density at radius 2 is 2.09 bits per heavy atom. The van der Waals surface area contributed by atoms with Gasteiger partial charge in [-0.05, 0) is 67.4 Å². The highest BCUT2D eigenvalue weighted by Gasteiger charge is 2.57. The number of methoxy groups -OCH3 is 1. The van der Waals surface area contributed by atoms with E-state index in [2.05, 4.69) is 31.3 Å². The lowest BCUT2D eigenvalue weighted by Crippen LogP contribution is -2.61. The molecule has 2 aromatic rings. The number of hydrogen-bond donors (Lipinski definition) is 2. The summed E-state index contributed by atoms with van der Waals surface area (Å²) in [5, 5.41) is 15.1. The molecule has 32 heavy (non-hydrogen) atoms. The fourth-order valence-corrected chi connectivity index (χ4v) is 6.83. The molecule has 3 aliphatic rings. The van der Waals surface area contributed by atoms with Gasteiger partial charge in [-0.2, -0.15) is 0 Å². The molecule has 172 valence electrons. The van der Waals surface area contributed by atoms with Gasteiger partial charge < -0.3 is 15.2 Å². The highest BCUT2D eigenvalue weighted by Crippen LogP contribution is 2.62. The highest BCUT2D eigenvalue weighted by atomic mass is 32.1. The van der Waals surface area contributed by atoms with Crippen LogP contribution in [0.3, 0.4) is 0 Å². The summed E-state index contributed by atoms with van der Waals surface area (Å²) in [7, 11) is 1.66. The smallest absolute Gasteiger partial charge is 0.303 e. The Labute approximate surface area is 193 Å². The van der Waals surface area contributed by atoms with Crippen LogP contribution in [0.2, 0.25) is 0 Å². The average Bonchev–Trinajstić information content (AvgIpc) is 3.19. The number of benzene rings is 1. The normalized spacial score (nSPS) is 26.1. The van der Waals surface area contributed by atoms with E-state index in [-0.39, 0.29) is 18.4 Å². The second kappa shape index (κ2) is 9.26. The molecule has 6 heteroatoms. The molecule has 0 spiro atoms. The van der Waals surface area contributed by atoms with Crippen molar-refractivity contribution >= 4 is 33.3 Å². The van der Waals surface area contributed by atoms with Crippen LogP contribution >= 0.6 is 11.3 Å². The summed E-state index contributed by atoms with van der Waals surface area (Å²) >= 11 is 1.55. The zero-order valence-corrected chi connectivity index (χ0v) is 19.9. The van der Waals surface area contributed by atoms with Gasteiger partial charge in [0.1, 0.15) is 5.75 Å². The second-order valence-corrected chi connectivity index (χ2v) is 10.7. The molecule has 1 amide bonds. The van der Waals surface area contributed by atoms with Crippen LogP contribution in [-0.2, 0) is 4.79 Å². The first kappa shape index (κ1) is 22.8. The van der Waals surface area contributed by atoms with Gasteiger partial charge in [0, 0.05) is 23.2 Å². The van der Waals surface area contributed by atoms with E-state index in [0.717, 1.165) is 40.7 Å². The quantitative estimate of drug-likeness (QED) is 0.365. The summed E-state index contributed by atoms with van der Waals surface area (Å²) in [6.07, 6.45) is 9.17. The monoisotopic (exact) mass is 455 g/mol. The molecular weight excluding hydrogens is 422 g/mol. The Morgan fingerprint density at radius 1 is 1.28 bits per heavy atom. The number of rotatable bonds is 9. The average molecular weight is 456 g/mol. The van der Waals surface area contributed by atoms with Crippen molar-refractivity contribution in [2.24, 2.45) is 23.2 Å². The third kappa shape index (κ3) is 4.29. The first-order valence-corrected chi connectivity index (χ1v) is 12.4. The van der Waals surface area contributed by atoms with Crippen molar-refractivity contribution in [2.45, 2.75) is 58.4 Å². The summed E-state index contributed by atoms with van der Waals surface area (Å²) in [6, 6.07) is 5.99. The maximum atomic E-state index is 13.3. The number of carbonyl (C=O) groups is 2. The van der Waals surface area contributed by atoms with Crippen LogP contribution in [0.15, 0.2) is 35.7 Å². The van der Waals surface area contributed by atoms with Crippen molar-refractivity contribution in [3.05, 3.63) is 41.3 Å². The van der Waals surface area contributed by atoms with Crippen LogP contribution < -0.4 is 10.1 Å². The Bertz CT molecular complexity index is 1020. The van der Waals surface area contributed by atoms with Gasteiger partial charge in [0.2, 0.25) is 0 Å². The third-order valence-corrected chi connectivity index (χ3v) is 8.81. The van der Waals surface area contributed by atoms with E-state index in [1.54, 1.807) is 18.4 Å². The fraction of sp³-hybridized carbons (Fsp3) is 0.538. The largest absolute Gasteiger partial charge is 0.495 e. The van der Waals surface area contributed by atoms with E-state index in [1.165, 1.54) is 6.42 Å². The molecule has 1 aromatic heterocycles. The number of unbranched alkanes of at least 4 members (excludes halogenated alkanes) is 1. The van der Waals surface area contributed by atoms with E-state index in [4.69, 9.17) is 9.84 Å². The molecule has 0 aliphatic heterocycles. The Balaban J connectivity index is 1.46. The molecule has 2 N–H and O–H groups in total.